The van der Waals surface area contributed by atoms with E-state index in [0.717, 1.165) is 5.57 Å². The first-order valence-corrected chi connectivity index (χ1v) is 6.55. The second kappa shape index (κ2) is 8.16. The minimum Gasteiger partial charge on any atom is -0.497 e. The van der Waals surface area contributed by atoms with Gasteiger partial charge in [-0.2, -0.15) is 0 Å². The molecule has 0 bridgehead atoms. The molecule has 0 radical (unpaired) electrons. The van der Waals surface area contributed by atoms with Gasteiger partial charge in [0.2, 0.25) is 0 Å². The van der Waals surface area contributed by atoms with E-state index in [1.165, 1.54) is 0 Å². The Hall–Kier alpha value is -2.21. The predicted octanol–water partition coefficient (Wildman–Crippen LogP) is 1.22. The summed E-state index contributed by atoms with van der Waals surface area (Å²) >= 11 is 0. The largest absolute Gasteiger partial charge is 0.497 e. The Morgan fingerprint density at radius 1 is 1.33 bits per heavy atom. The highest BCUT2D eigenvalue weighted by Crippen LogP contribution is 2.26. The van der Waals surface area contributed by atoms with Gasteiger partial charge in [0, 0.05) is 12.6 Å². The molecule has 6 heteroatoms. The SMILES string of the molecule is C=C(C)CNC(N)=NCC(O)c1cc(OC)cc(OC)c1. The lowest BCUT2D eigenvalue weighted by atomic mass is 10.1. The molecule has 0 saturated heterocycles. The highest BCUT2D eigenvalue weighted by Gasteiger charge is 2.10. The number of aliphatic imine (C=N–C) groups is 1. The first kappa shape index (κ1) is 16.8. The monoisotopic (exact) mass is 293 g/mol. The van der Waals surface area contributed by atoms with Crippen LogP contribution in [0.3, 0.4) is 0 Å². The van der Waals surface area contributed by atoms with Crippen molar-refractivity contribution in [1.82, 2.24) is 5.32 Å². The fourth-order valence-corrected chi connectivity index (χ4v) is 1.61. The second-order valence-electron chi connectivity index (χ2n) is 4.70. The summed E-state index contributed by atoms with van der Waals surface area (Å²) in [7, 11) is 3.12. The number of guanidine groups is 1. The molecular weight excluding hydrogens is 270 g/mol. The van der Waals surface area contributed by atoms with E-state index < -0.39 is 6.10 Å². The third-order valence-electron chi connectivity index (χ3n) is 2.76. The van der Waals surface area contributed by atoms with Crippen molar-refractivity contribution < 1.29 is 14.6 Å². The highest BCUT2D eigenvalue weighted by atomic mass is 16.5. The van der Waals surface area contributed by atoms with Crippen molar-refractivity contribution >= 4 is 5.96 Å². The molecule has 0 aliphatic rings. The Bertz CT molecular complexity index is 493. The topological polar surface area (TPSA) is 89.1 Å². The number of rotatable bonds is 7. The summed E-state index contributed by atoms with van der Waals surface area (Å²) in [6.07, 6.45) is -0.792. The third-order valence-corrected chi connectivity index (χ3v) is 2.76. The van der Waals surface area contributed by atoms with E-state index in [1.807, 2.05) is 6.92 Å². The quantitative estimate of drug-likeness (QED) is 0.399. The second-order valence-corrected chi connectivity index (χ2v) is 4.70. The minimum absolute atomic E-state index is 0.144. The van der Waals surface area contributed by atoms with Gasteiger partial charge in [0.1, 0.15) is 11.5 Å². The van der Waals surface area contributed by atoms with E-state index in [4.69, 9.17) is 15.2 Å². The van der Waals surface area contributed by atoms with Crippen LogP contribution in [0.1, 0.15) is 18.6 Å². The van der Waals surface area contributed by atoms with Crippen LogP contribution in [-0.4, -0.2) is 38.4 Å². The van der Waals surface area contributed by atoms with Gasteiger partial charge in [-0.1, -0.05) is 12.2 Å². The van der Waals surface area contributed by atoms with Gasteiger partial charge in [-0.3, -0.25) is 4.99 Å². The maximum Gasteiger partial charge on any atom is 0.188 e. The van der Waals surface area contributed by atoms with Gasteiger partial charge in [-0.25, -0.2) is 0 Å². The number of hydrogen-bond acceptors (Lipinski definition) is 4. The molecule has 0 heterocycles. The van der Waals surface area contributed by atoms with Crippen LogP contribution in [0.2, 0.25) is 0 Å². The zero-order valence-electron chi connectivity index (χ0n) is 12.7. The van der Waals surface area contributed by atoms with Gasteiger partial charge in [-0.15, -0.1) is 0 Å². The van der Waals surface area contributed by atoms with Crippen LogP contribution in [0.15, 0.2) is 35.3 Å². The van der Waals surface area contributed by atoms with Crippen molar-refractivity contribution in [3.05, 3.63) is 35.9 Å². The van der Waals surface area contributed by atoms with Crippen molar-refractivity contribution in [3.8, 4) is 11.5 Å². The zero-order valence-corrected chi connectivity index (χ0v) is 12.7. The fraction of sp³-hybridized carbons (Fsp3) is 0.400. The van der Waals surface area contributed by atoms with Crippen molar-refractivity contribution in [2.75, 3.05) is 27.3 Å². The number of nitrogens with one attached hydrogen (secondary N) is 1. The van der Waals surface area contributed by atoms with Gasteiger partial charge < -0.3 is 25.6 Å². The first-order chi connectivity index (χ1) is 9.96. The van der Waals surface area contributed by atoms with Crippen LogP contribution in [0.5, 0.6) is 11.5 Å². The number of benzene rings is 1. The molecule has 0 aliphatic heterocycles. The van der Waals surface area contributed by atoms with Gasteiger partial charge in [0.15, 0.2) is 5.96 Å². The number of nitrogens with two attached hydrogens (primary N) is 1. The summed E-state index contributed by atoms with van der Waals surface area (Å²) in [5, 5.41) is 13.1. The van der Waals surface area contributed by atoms with Crippen molar-refractivity contribution in [2.45, 2.75) is 13.0 Å². The van der Waals surface area contributed by atoms with Gasteiger partial charge >= 0.3 is 0 Å². The van der Waals surface area contributed by atoms with Crippen molar-refractivity contribution in [2.24, 2.45) is 10.7 Å². The van der Waals surface area contributed by atoms with Crippen LogP contribution in [0.4, 0.5) is 0 Å². The number of hydrogen-bond donors (Lipinski definition) is 3. The number of methoxy groups -OCH3 is 2. The summed E-state index contributed by atoms with van der Waals surface area (Å²) in [4.78, 5) is 4.09. The molecule has 21 heavy (non-hydrogen) atoms. The highest BCUT2D eigenvalue weighted by molar-refractivity contribution is 5.78. The molecule has 0 fully saturated rings. The van der Waals surface area contributed by atoms with E-state index in [-0.39, 0.29) is 12.5 Å². The molecule has 0 saturated carbocycles. The van der Waals surface area contributed by atoms with Gasteiger partial charge in [0.25, 0.3) is 0 Å². The molecule has 1 aromatic rings. The average molecular weight is 293 g/mol. The van der Waals surface area contributed by atoms with Crippen molar-refractivity contribution in [1.29, 1.82) is 0 Å². The average Bonchev–Trinajstić information content (AvgIpc) is 2.49. The Labute approximate surface area is 125 Å². The minimum atomic E-state index is -0.792. The standard InChI is InChI=1S/C15H23N3O3/c1-10(2)8-17-15(16)18-9-14(19)11-5-12(20-3)7-13(6-11)21-4/h5-7,14,19H,1,8-9H2,2-4H3,(H3,16,17,18). The molecule has 1 atom stereocenters. The lowest BCUT2D eigenvalue weighted by Crippen LogP contribution is -2.33. The zero-order chi connectivity index (χ0) is 15.8. The Kier molecular flexibility index (Phi) is 6.55. The maximum absolute atomic E-state index is 10.2. The molecule has 0 aromatic heterocycles. The summed E-state index contributed by atoms with van der Waals surface area (Å²) < 4.78 is 10.3. The Balaban J connectivity index is 2.72. The van der Waals surface area contributed by atoms with Gasteiger partial charge in [-0.05, 0) is 24.6 Å². The molecule has 116 valence electrons. The number of aliphatic hydroxyl groups excluding tert-OH is 1. The van der Waals surface area contributed by atoms with E-state index in [1.54, 1.807) is 32.4 Å². The van der Waals surface area contributed by atoms with Crippen LogP contribution in [0.25, 0.3) is 0 Å². The molecular formula is C15H23N3O3. The van der Waals surface area contributed by atoms with Crippen LogP contribution in [-0.2, 0) is 0 Å². The molecule has 6 nitrogen and oxygen atoms in total. The first-order valence-electron chi connectivity index (χ1n) is 6.55. The van der Waals surface area contributed by atoms with E-state index >= 15 is 0 Å². The van der Waals surface area contributed by atoms with Crippen molar-refractivity contribution in [3.63, 3.8) is 0 Å². The lowest BCUT2D eigenvalue weighted by molar-refractivity contribution is 0.186. The molecule has 0 amide bonds. The Morgan fingerprint density at radius 2 is 1.90 bits per heavy atom. The molecule has 4 N–H and O–H groups in total. The molecule has 1 unspecified atom stereocenters. The third kappa shape index (κ3) is 5.74. The lowest BCUT2D eigenvalue weighted by Gasteiger charge is -2.13. The number of nitrogens with zero attached hydrogens (tertiary/aromatic N) is 1. The summed E-state index contributed by atoms with van der Waals surface area (Å²) in [5.41, 5.74) is 7.30. The van der Waals surface area contributed by atoms with E-state index in [9.17, 15) is 5.11 Å². The van der Waals surface area contributed by atoms with Crippen LogP contribution < -0.4 is 20.5 Å². The van der Waals surface area contributed by atoms with E-state index in [2.05, 4.69) is 16.9 Å². The Morgan fingerprint density at radius 3 is 2.38 bits per heavy atom. The fourth-order valence-electron chi connectivity index (χ4n) is 1.61. The molecule has 1 aromatic carbocycles. The normalized spacial score (nSPS) is 12.7. The van der Waals surface area contributed by atoms with Crippen LogP contribution >= 0.6 is 0 Å². The number of ether oxygens (including phenoxy) is 2. The van der Waals surface area contributed by atoms with E-state index in [0.29, 0.717) is 23.6 Å². The van der Waals surface area contributed by atoms with Crippen LogP contribution in [0, 0.1) is 0 Å². The van der Waals surface area contributed by atoms with Gasteiger partial charge in [0.05, 0.1) is 26.9 Å². The molecule has 0 spiro atoms. The molecule has 0 aliphatic carbocycles. The summed E-state index contributed by atoms with van der Waals surface area (Å²) in [6, 6.07) is 5.21. The maximum atomic E-state index is 10.2. The smallest absolute Gasteiger partial charge is 0.188 e. The summed E-state index contributed by atoms with van der Waals surface area (Å²) in [5.74, 6) is 1.49. The number of aliphatic hydroxyl groups is 1. The molecule has 1 rings (SSSR count). The predicted molar refractivity (Wildman–Crippen MR) is 83.8 cm³/mol. The summed E-state index contributed by atoms with van der Waals surface area (Å²) in [6.45, 7) is 6.34.